The SMILES string of the molecule is C/C=C/C=C/C=C/CC/C=C/C(N)=O. The smallest absolute Gasteiger partial charge is 0.241 e. The maximum atomic E-state index is 10.3. The van der Waals surface area contributed by atoms with Gasteiger partial charge in [0.2, 0.25) is 5.91 Å². The van der Waals surface area contributed by atoms with Gasteiger partial charge < -0.3 is 5.73 Å². The summed E-state index contributed by atoms with van der Waals surface area (Å²) in [5.74, 6) is -0.387. The molecule has 0 aliphatic rings. The number of carbonyl (C=O) groups is 1. The highest BCUT2D eigenvalue weighted by Crippen LogP contribution is 1.93. The van der Waals surface area contributed by atoms with Gasteiger partial charge in [0.05, 0.1) is 0 Å². The number of nitrogens with two attached hydrogens (primary N) is 1. The minimum absolute atomic E-state index is 0.387. The lowest BCUT2D eigenvalue weighted by atomic mass is 10.2. The summed E-state index contributed by atoms with van der Waals surface area (Å²) in [5, 5.41) is 0. The van der Waals surface area contributed by atoms with Crippen LogP contribution in [0.4, 0.5) is 0 Å². The average Bonchev–Trinajstić information content (AvgIpc) is 2.15. The number of rotatable bonds is 6. The van der Waals surface area contributed by atoms with Crippen molar-refractivity contribution in [2.45, 2.75) is 19.8 Å². The molecule has 14 heavy (non-hydrogen) atoms. The molecule has 0 heterocycles. The zero-order valence-corrected chi connectivity index (χ0v) is 8.52. The van der Waals surface area contributed by atoms with E-state index in [2.05, 4.69) is 0 Å². The Bertz CT molecular complexity index is 259. The molecular weight excluding hydrogens is 174 g/mol. The maximum absolute atomic E-state index is 10.3. The Morgan fingerprint density at radius 1 is 1.07 bits per heavy atom. The third kappa shape index (κ3) is 10.4. The first kappa shape index (κ1) is 12.4. The van der Waals surface area contributed by atoms with Crippen molar-refractivity contribution >= 4 is 5.91 Å². The lowest BCUT2D eigenvalue weighted by Gasteiger charge is -1.84. The summed E-state index contributed by atoms with van der Waals surface area (Å²) in [7, 11) is 0. The van der Waals surface area contributed by atoms with E-state index in [0.717, 1.165) is 12.8 Å². The summed E-state index contributed by atoms with van der Waals surface area (Å²) in [6, 6.07) is 0. The molecule has 0 radical (unpaired) electrons. The Morgan fingerprint density at radius 3 is 2.36 bits per heavy atom. The van der Waals surface area contributed by atoms with Crippen molar-refractivity contribution in [1.29, 1.82) is 0 Å². The van der Waals surface area contributed by atoms with E-state index in [9.17, 15) is 4.79 Å². The van der Waals surface area contributed by atoms with E-state index in [1.54, 1.807) is 6.08 Å². The van der Waals surface area contributed by atoms with Crippen molar-refractivity contribution < 1.29 is 4.79 Å². The number of hydrogen-bond acceptors (Lipinski definition) is 1. The van der Waals surface area contributed by atoms with Crippen molar-refractivity contribution in [2.75, 3.05) is 0 Å². The molecule has 76 valence electrons. The number of carbonyl (C=O) groups excluding carboxylic acids is 1. The molecule has 0 saturated carbocycles. The second kappa shape index (κ2) is 9.52. The largest absolute Gasteiger partial charge is 0.366 e. The Labute approximate surface area is 85.5 Å². The third-order valence-electron chi connectivity index (χ3n) is 1.44. The van der Waals surface area contributed by atoms with Crippen LogP contribution in [0.3, 0.4) is 0 Å². The summed E-state index contributed by atoms with van der Waals surface area (Å²) in [6.45, 7) is 1.97. The molecule has 0 aromatic rings. The van der Waals surface area contributed by atoms with Gasteiger partial charge in [-0.25, -0.2) is 0 Å². The number of allylic oxidation sites excluding steroid dienone is 7. The number of primary amides is 1. The highest BCUT2D eigenvalue weighted by molar-refractivity contribution is 5.85. The molecule has 2 nitrogen and oxygen atoms in total. The zero-order valence-electron chi connectivity index (χ0n) is 8.52. The van der Waals surface area contributed by atoms with Crippen molar-refractivity contribution in [2.24, 2.45) is 5.73 Å². The summed E-state index contributed by atoms with van der Waals surface area (Å²) < 4.78 is 0. The molecule has 0 aliphatic carbocycles. The fourth-order valence-corrected chi connectivity index (χ4v) is 0.806. The van der Waals surface area contributed by atoms with Crippen molar-refractivity contribution in [3.05, 3.63) is 48.6 Å². The second-order valence-electron chi connectivity index (χ2n) is 2.72. The van der Waals surface area contributed by atoms with Gasteiger partial charge in [-0.05, 0) is 25.8 Å². The van der Waals surface area contributed by atoms with Gasteiger partial charge >= 0.3 is 0 Å². The molecule has 1 amide bonds. The van der Waals surface area contributed by atoms with Crippen LogP contribution in [-0.2, 0) is 4.79 Å². The molecule has 0 aromatic heterocycles. The standard InChI is InChI=1S/C12H17NO/c1-2-3-4-5-6-7-8-9-10-11-12(13)14/h2-7,10-11H,8-9H2,1H3,(H2,13,14)/b3-2+,5-4+,7-6+,11-10+. The third-order valence-corrected chi connectivity index (χ3v) is 1.44. The van der Waals surface area contributed by atoms with Crippen LogP contribution in [0.1, 0.15) is 19.8 Å². The van der Waals surface area contributed by atoms with Crippen LogP contribution in [0.5, 0.6) is 0 Å². The number of amides is 1. The molecule has 0 aromatic carbocycles. The molecule has 0 spiro atoms. The quantitative estimate of drug-likeness (QED) is 0.391. The highest BCUT2D eigenvalue weighted by Gasteiger charge is 1.80. The molecule has 0 aliphatic heterocycles. The van der Waals surface area contributed by atoms with E-state index in [-0.39, 0.29) is 5.91 Å². The van der Waals surface area contributed by atoms with Crippen LogP contribution in [0.25, 0.3) is 0 Å². The Morgan fingerprint density at radius 2 is 1.71 bits per heavy atom. The summed E-state index contributed by atoms with van der Waals surface area (Å²) in [6.07, 6.45) is 16.8. The van der Waals surface area contributed by atoms with Gasteiger partial charge in [-0.3, -0.25) is 4.79 Å². The van der Waals surface area contributed by atoms with Crippen LogP contribution in [0.15, 0.2) is 48.6 Å². The Balaban J connectivity index is 3.49. The van der Waals surface area contributed by atoms with Gasteiger partial charge in [-0.15, -0.1) is 0 Å². The van der Waals surface area contributed by atoms with Gasteiger partial charge in [0.25, 0.3) is 0 Å². The molecular formula is C12H17NO. The minimum atomic E-state index is -0.387. The summed E-state index contributed by atoms with van der Waals surface area (Å²) in [4.78, 5) is 10.3. The van der Waals surface area contributed by atoms with Crippen LogP contribution in [0, 0.1) is 0 Å². The second-order valence-corrected chi connectivity index (χ2v) is 2.72. The molecule has 2 N–H and O–H groups in total. The highest BCUT2D eigenvalue weighted by atomic mass is 16.1. The fraction of sp³-hybridized carbons (Fsp3) is 0.250. The number of hydrogen-bond donors (Lipinski definition) is 1. The van der Waals surface area contributed by atoms with E-state index in [1.807, 2.05) is 43.4 Å². The summed E-state index contributed by atoms with van der Waals surface area (Å²) >= 11 is 0. The Hall–Kier alpha value is -1.57. The molecule has 0 rings (SSSR count). The molecule has 0 saturated heterocycles. The van der Waals surface area contributed by atoms with Gasteiger partial charge in [0.1, 0.15) is 0 Å². The van der Waals surface area contributed by atoms with Gasteiger partial charge in [0.15, 0.2) is 0 Å². The molecule has 0 unspecified atom stereocenters. The maximum Gasteiger partial charge on any atom is 0.241 e. The predicted octanol–water partition coefficient (Wildman–Crippen LogP) is 2.50. The summed E-state index contributed by atoms with van der Waals surface area (Å²) in [5.41, 5.74) is 4.93. The van der Waals surface area contributed by atoms with Crippen LogP contribution >= 0.6 is 0 Å². The van der Waals surface area contributed by atoms with Crippen molar-refractivity contribution in [1.82, 2.24) is 0 Å². The van der Waals surface area contributed by atoms with E-state index < -0.39 is 0 Å². The van der Waals surface area contributed by atoms with E-state index in [1.165, 1.54) is 6.08 Å². The first-order valence-corrected chi connectivity index (χ1v) is 4.68. The van der Waals surface area contributed by atoms with Crippen molar-refractivity contribution in [3.63, 3.8) is 0 Å². The lowest BCUT2D eigenvalue weighted by Crippen LogP contribution is -2.05. The fourth-order valence-electron chi connectivity index (χ4n) is 0.806. The monoisotopic (exact) mass is 191 g/mol. The molecule has 0 atom stereocenters. The van der Waals surface area contributed by atoms with Gasteiger partial charge in [0, 0.05) is 0 Å². The van der Waals surface area contributed by atoms with E-state index in [0.29, 0.717) is 0 Å². The zero-order chi connectivity index (χ0) is 10.6. The topological polar surface area (TPSA) is 43.1 Å². The molecule has 0 bridgehead atoms. The van der Waals surface area contributed by atoms with Gasteiger partial charge in [-0.2, -0.15) is 0 Å². The average molecular weight is 191 g/mol. The molecule has 2 heteroatoms. The predicted molar refractivity (Wildman–Crippen MR) is 60.7 cm³/mol. The van der Waals surface area contributed by atoms with Crippen LogP contribution in [0.2, 0.25) is 0 Å². The molecule has 0 fully saturated rings. The normalized spacial score (nSPS) is 12.6. The van der Waals surface area contributed by atoms with Crippen molar-refractivity contribution in [3.8, 4) is 0 Å². The number of unbranched alkanes of at least 4 members (excludes halogenated alkanes) is 1. The van der Waals surface area contributed by atoms with E-state index in [4.69, 9.17) is 5.73 Å². The van der Waals surface area contributed by atoms with Gasteiger partial charge in [-0.1, -0.05) is 42.5 Å². The Kier molecular flexibility index (Phi) is 8.45. The van der Waals surface area contributed by atoms with Crippen LogP contribution in [-0.4, -0.2) is 5.91 Å². The van der Waals surface area contributed by atoms with E-state index >= 15 is 0 Å². The van der Waals surface area contributed by atoms with Crippen LogP contribution < -0.4 is 5.73 Å². The lowest BCUT2D eigenvalue weighted by molar-refractivity contribution is -0.113. The first-order valence-electron chi connectivity index (χ1n) is 4.68. The minimum Gasteiger partial charge on any atom is -0.366 e. The first-order chi connectivity index (χ1) is 6.77.